The van der Waals surface area contributed by atoms with Gasteiger partial charge in [0.15, 0.2) is 5.70 Å². The maximum Gasteiger partial charge on any atom is 0.363 e. The van der Waals surface area contributed by atoms with Crippen LogP contribution in [0.1, 0.15) is 11.1 Å². The molecule has 3 rings (SSSR count). The van der Waals surface area contributed by atoms with Crippen molar-refractivity contribution in [3.8, 4) is 0 Å². The minimum Gasteiger partial charge on any atom is -0.402 e. The van der Waals surface area contributed by atoms with Gasteiger partial charge in [0.1, 0.15) is 5.82 Å². The van der Waals surface area contributed by atoms with Gasteiger partial charge >= 0.3 is 5.97 Å². The first-order valence-corrected chi connectivity index (χ1v) is 7.51. The van der Waals surface area contributed by atoms with Crippen LogP contribution in [0.25, 0.3) is 6.08 Å². The lowest BCUT2D eigenvalue weighted by Crippen LogP contribution is -2.05. The second-order valence-electron chi connectivity index (χ2n) is 4.60. The van der Waals surface area contributed by atoms with E-state index in [1.54, 1.807) is 12.1 Å². The van der Waals surface area contributed by atoms with Gasteiger partial charge in [0, 0.05) is 11.1 Å². The van der Waals surface area contributed by atoms with E-state index in [9.17, 15) is 9.18 Å². The Morgan fingerprint density at radius 2 is 1.83 bits per heavy atom. The molecule has 0 atom stereocenters. The average molecular weight is 371 g/mol. The van der Waals surface area contributed by atoms with Gasteiger partial charge < -0.3 is 4.74 Å². The SMILES string of the molecule is O=C1OC(c2ccc(Cl)c(Cl)c2)=N/C1=C\c1c(F)cccc1Cl. The Labute approximate surface area is 145 Å². The zero-order valence-corrected chi connectivity index (χ0v) is 13.6. The molecule has 0 saturated carbocycles. The number of halogens is 4. The van der Waals surface area contributed by atoms with E-state index in [1.807, 2.05) is 0 Å². The fourth-order valence-corrected chi connectivity index (χ4v) is 2.46. The molecule has 3 nitrogen and oxygen atoms in total. The zero-order chi connectivity index (χ0) is 16.6. The summed E-state index contributed by atoms with van der Waals surface area (Å²) in [5.41, 5.74) is 0.495. The summed E-state index contributed by atoms with van der Waals surface area (Å²) >= 11 is 17.7. The zero-order valence-electron chi connectivity index (χ0n) is 11.3. The highest BCUT2D eigenvalue weighted by Crippen LogP contribution is 2.27. The van der Waals surface area contributed by atoms with Crippen LogP contribution in [-0.2, 0) is 9.53 Å². The lowest BCUT2D eigenvalue weighted by Gasteiger charge is -2.01. The van der Waals surface area contributed by atoms with Crippen molar-refractivity contribution in [1.29, 1.82) is 0 Å². The van der Waals surface area contributed by atoms with Crippen LogP contribution in [0.5, 0.6) is 0 Å². The second kappa shape index (κ2) is 6.32. The van der Waals surface area contributed by atoms with Crippen LogP contribution in [0.2, 0.25) is 15.1 Å². The summed E-state index contributed by atoms with van der Waals surface area (Å²) in [6.07, 6.45) is 1.24. The van der Waals surface area contributed by atoms with Crippen molar-refractivity contribution >= 4 is 52.7 Å². The Morgan fingerprint density at radius 1 is 1.04 bits per heavy atom. The van der Waals surface area contributed by atoms with Crippen LogP contribution in [0.4, 0.5) is 4.39 Å². The smallest absolute Gasteiger partial charge is 0.363 e. The molecule has 0 aliphatic carbocycles. The highest BCUT2D eigenvalue weighted by Gasteiger charge is 2.25. The number of rotatable bonds is 2. The van der Waals surface area contributed by atoms with E-state index in [1.165, 1.54) is 30.3 Å². The third-order valence-electron chi connectivity index (χ3n) is 3.07. The van der Waals surface area contributed by atoms with Crippen molar-refractivity contribution < 1.29 is 13.9 Å². The Bertz CT molecular complexity index is 857. The van der Waals surface area contributed by atoms with Gasteiger partial charge in [0.2, 0.25) is 5.90 Å². The van der Waals surface area contributed by atoms with Gasteiger partial charge in [-0.3, -0.25) is 0 Å². The molecule has 1 aliphatic rings. The van der Waals surface area contributed by atoms with Crippen LogP contribution in [0.15, 0.2) is 47.1 Å². The minimum atomic E-state index is -0.703. The average Bonchev–Trinajstić information content (AvgIpc) is 2.87. The van der Waals surface area contributed by atoms with Crippen molar-refractivity contribution in [2.75, 3.05) is 0 Å². The number of cyclic esters (lactones) is 1. The molecule has 0 spiro atoms. The molecule has 116 valence electrons. The Balaban J connectivity index is 2.01. The van der Waals surface area contributed by atoms with Crippen molar-refractivity contribution in [2.45, 2.75) is 0 Å². The third kappa shape index (κ3) is 3.24. The predicted octanol–water partition coefficient (Wildman–Crippen LogP) is 5.13. The third-order valence-corrected chi connectivity index (χ3v) is 4.14. The summed E-state index contributed by atoms with van der Waals surface area (Å²) in [4.78, 5) is 16.0. The first-order valence-electron chi connectivity index (χ1n) is 6.37. The molecule has 1 heterocycles. The summed E-state index contributed by atoms with van der Waals surface area (Å²) in [5, 5.41) is 0.843. The van der Waals surface area contributed by atoms with E-state index in [4.69, 9.17) is 39.5 Å². The van der Waals surface area contributed by atoms with Gasteiger partial charge in [0.25, 0.3) is 0 Å². The number of carbonyl (C=O) groups is 1. The lowest BCUT2D eigenvalue weighted by molar-refractivity contribution is -0.129. The Kier molecular flexibility index (Phi) is 4.39. The minimum absolute atomic E-state index is 0.0573. The summed E-state index contributed by atoms with van der Waals surface area (Å²) in [5.74, 6) is -1.20. The molecule has 2 aromatic rings. The first kappa shape index (κ1) is 16.0. The molecule has 0 unspecified atom stereocenters. The molecular formula is C16H7Cl3FNO2. The van der Waals surface area contributed by atoms with Gasteiger partial charge in [-0.2, -0.15) is 0 Å². The second-order valence-corrected chi connectivity index (χ2v) is 5.82. The highest BCUT2D eigenvalue weighted by molar-refractivity contribution is 6.42. The van der Waals surface area contributed by atoms with Crippen LogP contribution in [-0.4, -0.2) is 11.9 Å². The maximum atomic E-state index is 13.8. The summed E-state index contributed by atoms with van der Waals surface area (Å²) < 4.78 is 18.9. The van der Waals surface area contributed by atoms with E-state index in [2.05, 4.69) is 4.99 Å². The number of nitrogens with zero attached hydrogens (tertiary/aromatic N) is 1. The van der Waals surface area contributed by atoms with Gasteiger partial charge in [-0.15, -0.1) is 0 Å². The predicted molar refractivity (Wildman–Crippen MR) is 88.5 cm³/mol. The number of benzene rings is 2. The van der Waals surface area contributed by atoms with Gasteiger partial charge in [-0.25, -0.2) is 14.2 Å². The van der Waals surface area contributed by atoms with E-state index in [-0.39, 0.29) is 22.2 Å². The molecule has 0 radical (unpaired) electrons. The molecule has 0 amide bonds. The number of aliphatic imine (C=N–C) groups is 1. The van der Waals surface area contributed by atoms with Gasteiger partial charge in [-0.1, -0.05) is 40.9 Å². The van der Waals surface area contributed by atoms with Gasteiger partial charge in [-0.05, 0) is 36.4 Å². The fraction of sp³-hybridized carbons (Fsp3) is 0. The number of ether oxygens (including phenoxy) is 1. The quantitative estimate of drug-likeness (QED) is 0.543. The largest absolute Gasteiger partial charge is 0.402 e. The molecule has 2 aromatic carbocycles. The van der Waals surface area contributed by atoms with Crippen molar-refractivity contribution in [3.63, 3.8) is 0 Å². The summed E-state index contributed by atoms with van der Waals surface area (Å²) in [6, 6.07) is 8.92. The van der Waals surface area contributed by atoms with Crippen molar-refractivity contribution in [2.24, 2.45) is 4.99 Å². The number of carbonyl (C=O) groups excluding carboxylic acids is 1. The van der Waals surface area contributed by atoms with Gasteiger partial charge in [0.05, 0.1) is 15.1 Å². The van der Waals surface area contributed by atoms with Crippen LogP contribution < -0.4 is 0 Å². The van der Waals surface area contributed by atoms with E-state index in [0.717, 1.165) is 0 Å². The van der Waals surface area contributed by atoms with E-state index in [0.29, 0.717) is 15.6 Å². The van der Waals surface area contributed by atoms with Crippen LogP contribution in [0, 0.1) is 5.82 Å². The number of esters is 1. The number of hydrogen-bond acceptors (Lipinski definition) is 3. The van der Waals surface area contributed by atoms with Crippen LogP contribution in [0.3, 0.4) is 0 Å². The van der Waals surface area contributed by atoms with E-state index >= 15 is 0 Å². The molecule has 1 aliphatic heterocycles. The molecule has 23 heavy (non-hydrogen) atoms. The Hall–Kier alpha value is -1.88. The summed E-state index contributed by atoms with van der Waals surface area (Å²) in [6.45, 7) is 0. The molecule has 0 bridgehead atoms. The Morgan fingerprint density at radius 3 is 2.52 bits per heavy atom. The van der Waals surface area contributed by atoms with E-state index < -0.39 is 11.8 Å². The topological polar surface area (TPSA) is 38.7 Å². The molecule has 0 fully saturated rings. The summed E-state index contributed by atoms with van der Waals surface area (Å²) in [7, 11) is 0. The lowest BCUT2D eigenvalue weighted by atomic mass is 10.2. The fourth-order valence-electron chi connectivity index (χ4n) is 1.95. The normalized spacial score (nSPS) is 15.7. The molecule has 0 N–H and O–H groups in total. The standard InChI is InChI=1S/C16H7Cl3FNO2/c17-10-2-1-3-13(20)9(10)7-14-16(22)23-15(21-14)8-4-5-11(18)12(19)6-8/h1-7H/b14-7-. The highest BCUT2D eigenvalue weighted by atomic mass is 35.5. The molecule has 0 saturated heterocycles. The van der Waals surface area contributed by atoms with Crippen LogP contribution >= 0.6 is 34.8 Å². The number of hydrogen-bond donors (Lipinski definition) is 0. The molecular weight excluding hydrogens is 364 g/mol. The molecule has 7 heteroatoms. The van der Waals surface area contributed by atoms with Crippen molar-refractivity contribution in [3.05, 3.63) is 74.1 Å². The molecule has 0 aromatic heterocycles. The maximum absolute atomic E-state index is 13.8. The first-order chi connectivity index (χ1) is 11.0. The van der Waals surface area contributed by atoms with Crippen molar-refractivity contribution in [1.82, 2.24) is 0 Å². The monoisotopic (exact) mass is 369 g/mol.